The zero-order valence-corrected chi connectivity index (χ0v) is 15.2. The average Bonchev–Trinajstić information content (AvgIpc) is 2.54. The van der Waals surface area contributed by atoms with Gasteiger partial charge in [0, 0.05) is 29.5 Å². The summed E-state index contributed by atoms with van der Waals surface area (Å²) >= 11 is 0.472. The minimum absolute atomic E-state index is 0. The summed E-state index contributed by atoms with van der Waals surface area (Å²) in [5.41, 5.74) is 0.436. The predicted molar refractivity (Wildman–Crippen MR) is 94.3 cm³/mol. The van der Waals surface area contributed by atoms with Crippen LogP contribution >= 0.6 is 24.2 Å². The molecule has 0 atom stereocenters. The predicted octanol–water partition coefficient (Wildman–Crippen LogP) is 3.17. The van der Waals surface area contributed by atoms with Crippen molar-refractivity contribution in [3.8, 4) is 0 Å². The first-order valence-corrected chi connectivity index (χ1v) is 8.45. The Bertz CT molecular complexity index is 506. The Morgan fingerprint density at radius 1 is 1.33 bits per heavy atom. The van der Waals surface area contributed by atoms with Gasteiger partial charge in [0.1, 0.15) is 0 Å². The summed E-state index contributed by atoms with van der Waals surface area (Å²) in [6.45, 7) is 2.99. The summed E-state index contributed by atoms with van der Waals surface area (Å²) in [4.78, 5) is 12.7. The van der Waals surface area contributed by atoms with E-state index in [1.807, 2.05) is 0 Å². The van der Waals surface area contributed by atoms with Crippen molar-refractivity contribution in [2.45, 2.75) is 23.5 Å². The van der Waals surface area contributed by atoms with E-state index in [0.29, 0.717) is 35.4 Å². The number of halogens is 3. The summed E-state index contributed by atoms with van der Waals surface area (Å²) in [6.07, 6.45) is 1.90. The van der Waals surface area contributed by atoms with Crippen molar-refractivity contribution in [3.63, 3.8) is 0 Å². The van der Waals surface area contributed by atoms with Crippen LogP contribution in [0, 0.1) is 5.41 Å². The molecule has 0 spiro atoms. The first-order chi connectivity index (χ1) is 11.0. The summed E-state index contributed by atoms with van der Waals surface area (Å²) in [6, 6.07) is 6.24. The van der Waals surface area contributed by atoms with Gasteiger partial charge in [0.25, 0.3) is 11.7 Å². The molecule has 0 saturated carbocycles. The number of thioether (sulfide) groups is 1. The molecule has 1 saturated heterocycles. The second-order valence-corrected chi connectivity index (χ2v) is 6.83. The SMILES string of the molecule is COCC1(CNC(=O)c2ccc(SC(F)F)cc2)CCNCC1.Cl. The minimum Gasteiger partial charge on any atom is -0.384 e. The van der Waals surface area contributed by atoms with Crippen LogP contribution in [0.1, 0.15) is 23.2 Å². The molecule has 0 bridgehead atoms. The lowest BCUT2D eigenvalue weighted by Crippen LogP contribution is -2.47. The minimum atomic E-state index is -2.46. The zero-order chi connectivity index (χ0) is 16.7. The number of piperidine rings is 1. The zero-order valence-electron chi connectivity index (χ0n) is 13.5. The maximum atomic E-state index is 12.3. The highest BCUT2D eigenvalue weighted by Gasteiger charge is 2.32. The standard InChI is InChI=1S/C16H22F2N2O2S.ClH/c1-22-11-16(6-8-19-9-7-16)10-20-14(21)12-2-4-13(5-3-12)23-15(17)18;/h2-5,15,19H,6-11H2,1H3,(H,20,21);1H. The van der Waals surface area contributed by atoms with E-state index < -0.39 is 5.76 Å². The van der Waals surface area contributed by atoms with Crippen molar-refractivity contribution in [1.82, 2.24) is 10.6 Å². The Kier molecular flexibility index (Phi) is 8.97. The molecule has 0 aromatic heterocycles. The topological polar surface area (TPSA) is 50.4 Å². The molecule has 2 rings (SSSR count). The molecule has 1 heterocycles. The number of amides is 1. The van der Waals surface area contributed by atoms with Gasteiger partial charge >= 0.3 is 0 Å². The number of rotatable bonds is 7. The molecule has 1 fully saturated rings. The fourth-order valence-electron chi connectivity index (χ4n) is 2.79. The molecule has 0 radical (unpaired) electrons. The van der Waals surface area contributed by atoms with Crippen LogP contribution in [0.5, 0.6) is 0 Å². The van der Waals surface area contributed by atoms with Crippen molar-refractivity contribution in [3.05, 3.63) is 29.8 Å². The van der Waals surface area contributed by atoms with Crippen LogP contribution in [-0.4, -0.2) is 45.0 Å². The molecule has 1 aliphatic rings. The average molecular weight is 381 g/mol. The molecule has 1 aliphatic heterocycles. The maximum Gasteiger partial charge on any atom is 0.288 e. The molecule has 1 amide bonds. The number of alkyl halides is 2. The Morgan fingerprint density at radius 2 is 1.96 bits per heavy atom. The Balaban J connectivity index is 0.00000288. The molecule has 8 heteroatoms. The van der Waals surface area contributed by atoms with Gasteiger partial charge in [0.15, 0.2) is 0 Å². The van der Waals surface area contributed by atoms with Crippen LogP contribution in [-0.2, 0) is 4.74 Å². The van der Waals surface area contributed by atoms with Gasteiger partial charge in [0.05, 0.1) is 6.61 Å². The van der Waals surface area contributed by atoms with E-state index in [4.69, 9.17) is 4.74 Å². The summed E-state index contributed by atoms with van der Waals surface area (Å²) < 4.78 is 29.9. The lowest BCUT2D eigenvalue weighted by atomic mass is 9.79. The second-order valence-electron chi connectivity index (χ2n) is 5.77. The van der Waals surface area contributed by atoms with Gasteiger partial charge < -0.3 is 15.4 Å². The van der Waals surface area contributed by atoms with Gasteiger partial charge in [0.2, 0.25) is 0 Å². The Hall–Kier alpha value is -0.890. The highest BCUT2D eigenvalue weighted by Crippen LogP contribution is 2.28. The van der Waals surface area contributed by atoms with Crippen LogP contribution in [0.2, 0.25) is 0 Å². The highest BCUT2D eigenvalue weighted by atomic mass is 35.5. The van der Waals surface area contributed by atoms with E-state index in [1.54, 1.807) is 31.4 Å². The van der Waals surface area contributed by atoms with Gasteiger partial charge in [-0.05, 0) is 50.2 Å². The fraction of sp³-hybridized carbons (Fsp3) is 0.562. The van der Waals surface area contributed by atoms with Crippen molar-refractivity contribution in [2.75, 3.05) is 33.4 Å². The Morgan fingerprint density at radius 3 is 2.50 bits per heavy atom. The Labute approximate surface area is 151 Å². The lowest BCUT2D eigenvalue weighted by Gasteiger charge is -2.37. The second kappa shape index (κ2) is 10.2. The molecule has 136 valence electrons. The molecule has 0 aliphatic carbocycles. The molecule has 2 N–H and O–H groups in total. The summed E-state index contributed by atoms with van der Waals surface area (Å²) in [5, 5.41) is 6.26. The van der Waals surface area contributed by atoms with Crippen molar-refractivity contribution in [1.29, 1.82) is 0 Å². The monoisotopic (exact) mass is 380 g/mol. The molecule has 1 aromatic rings. The number of carbonyl (C=O) groups is 1. The highest BCUT2D eigenvalue weighted by molar-refractivity contribution is 7.99. The summed E-state index contributed by atoms with van der Waals surface area (Å²) in [5.74, 6) is -2.64. The van der Waals surface area contributed by atoms with Crippen molar-refractivity contribution in [2.24, 2.45) is 5.41 Å². The van der Waals surface area contributed by atoms with E-state index in [0.717, 1.165) is 25.9 Å². The van der Waals surface area contributed by atoms with Gasteiger partial charge in [-0.15, -0.1) is 12.4 Å². The lowest BCUT2D eigenvalue weighted by molar-refractivity contribution is 0.0511. The van der Waals surface area contributed by atoms with E-state index in [9.17, 15) is 13.6 Å². The van der Waals surface area contributed by atoms with Gasteiger partial charge in [-0.1, -0.05) is 11.8 Å². The molecular weight excluding hydrogens is 358 g/mol. The first-order valence-electron chi connectivity index (χ1n) is 7.57. The number of carbonyl (C=O) groups excluding carboxylic acids is 1. The maximum absolute atomic E-state index is 12.3. The van der Waals surface area contributed by atoms with Crippen molar-refractivity contribution >= 4 is 30.1 Å². The molecule has 24 heavy (non-hydrogen) atoms. The van der Waals surface area contributed by atoms with E-state index in [1.165, 1.54) is 0 Å². The third-order valence-electron chi connectivity index (χ3n) is 4.08. The largest absolute Gasteiger partial charge is 0.384 e. The van der Waals surface area contributed by atoms with Crippen LogP contribution in [0.15, 0.2) is 29.2 Å². The summed E-state index contributed by atoms with van der Waals surface area (Å²) in [7, 11) is 1.67. The van der Waals surface area contributed by atoms with Gasteiger partial charge in [-0.25, -0.2) is 0 Å². The molecule has 0 unspecified atom stereocenters. The third kappa shape index (κ3) is 6.20. The smallest absolute Gasteiger partial charge is 0.288 e. The van der Waals surface area contributed by atoms with Crippen LogP contribution in [0.3, 0.4) is 0 Å². The van der Waals surface area contributed by atoms with Gasteiger partial charge in [-0.3, -0.25) is 4.79 Å². The van der Waals surface area contributed by atoms with E-state index in [-0.39, 0.29) is 23.7 Å². The van der Waals surface area contributed by atoms with Crippen LogP contribution in [0.4, 0.5) is 8.78 Å². The van der Waals surface area contributed by atoms with E-state index >= 15 is 0 Å². The molecular formula is C16H23ClF2N2O2S. The number of methoxy groups -OCH3 is 1. The molecule has 1 aromatic carbocycles. The fourth-order valence-corrected chi connectivity index (χ4v) is 3.29. The number of hydrogen-bond donors (Lipinski definition) is 2. The first kappa shape index (κ1) is 21.2. The van der Waals surface area contributed by atoms with Crippen LogP contribution in [0.25, 0.3) is 0 Å². The van der Waals surface area contributed by atoms with Crippen molar-refractivity contribution < 1.29 is 18.3 Å². The number of nitrogens with one attached hydrogen (secondary N) is 2. The number of hydrogen-bond acceptors (Lipinski definition) is 4. The normalized spacial score (nSPS) is 16.5. The van der Waals surface area contributed by atoms with Crippen LogP contribution < -0.4 is 10.6 Å². The number of ether oxygens (including phenoxy) is 1. The van der Waals surface area contributed by atoms with E-state index in [2.05, 4.69) is 10.6 Å². The third-order valence-corrected chi connectivity index (χ3v) is 4.80. The molecule has 4 nitrogen and oxygen atoms in total. The van der Waals surface area contributed by atoms with Gasteiger partial charge in [-0.2, -0.15) is 8.78 Å². The number of benzene rings is 1. The quantitative estimate of drug-likeness (QED) is 0.713.